The lowest BCUT2D eigenvalue weighted by Crippen LogP contribution is -1.87. The van der Waals surface area contributed by atoms with Gasteiger partial charge in [-0.15, -0.1) is 0 Å². The number of aromatic nitrogens is 1. The molecule has 1 rings (SSSR count). The molecule has 0 bridgehead atoms. The Morgan fingerprint density at radius 3 is 2.79 bits per heavy atom. The molecule has 1 heterocycles. The predicted molar refractivity (Wildman–Crippen MR) is 54.0 cm³/mol. The minimum absolute atomic E-state index is 0.800. The van der Waals surface area contributed by atoms with Crippen molar-refractivity contribution in [3.63, 3.8) is 0 Å². The summed E-state index contributed by atoms with van der Waals surface area (Å²) in [6.07, 6.45) is 9.13. The zero-order valence-corrected chi connectivity index (χ0v) is 7.89. The van der Waals surface area contributed by atoms with E-state index in [4.69, 9.17) is 5.11 Å². The van der Waals surface area contributed by atoms with Crippen molar-refractivity contribution in [2.75, 3.05) is 0 Å². The van der Waals surface area contributed by atoms with E-state index in [0.717, 1.165) is 19.3 Å². The van der Waals surface area contributed by atoms with Crippen molar-refractivity contribution >= 4 is 5.97 Å². The number of aliphatic carboxylic acids is 1. The van der Waals surface area contributed by atoms with Gasteiger partial charge in [0.05, 0.1) is 0 Å². The first kappa shape index (κ1) is 10.4. The fraction of sp³-hybridized carbons (Fsp3) is 0.273. The third kappa shape index (κ3) is 4.40. The van der Waals surface area contributed by atoms with Crippen LogP contribution in [0.15, 0.2) is 36.7 Å². The molecule has 1 N–H and O–H groups in total. The Morgan fingerprint density at radius 1 is 1.43 bits per heavy atom. The van der Waals surface area contributed by atoms with Crippen LogP contribution in [-0.4, -0.2) is 16.1 Å². The van der Waals surface area contributed by atoms with E-state index in [-0.39, 0.29) is 0 Å². The summed E-state index contributed by atoms with van der Waals surface area (Å²) in [5, 5.41) is 8.33. The lowest BCUT2D eigenvalue weighted by molar-refractivity contribution is -0.131. The van der Waals surface area contributed by atoms with Gasteiger partial charge in [-0.2, -0.15) is 0 Å². The van der Waals surface area contributed by atoms with Crippen molar-refractivity contribution in [3.05, 3.63) is 42.2 Å². The standard InChI is InChI=1S/C11H13NO2/c13-11(14)5-3-1-2-4-10-6-8-12-9-7-10/h3,5-9H,1-2,4H2,(H,13,14). The average molecular weight is 191 g/mol. The maximum Gasteiger partial charge on any atom is 0.327 e. The molecule has 0 amide bonds. The molecule has 74 valence electrons. The van der Waals surface area contributed by atoms with Crippen molar-refractivity contribution in [1.29, 1.82) is 0 Å². The molecule has 0 aliphatic carbocycles. The highest BCUT2D eigenvalue weighted by molar-refractivity contribution is 5.79. The molecular weight excluding hydrogens is 178 g/mol. The van der Waals surface area contributed by atoms with Gasteiger partial charge < -0.3 is 5.11 Å². The molecule has 14 heavy (non-hydrogen) atoms. The third-order valence-electron chi connectivity index (χ3n) is 1.85. The maximum absolute atomic E-state index is 10.1. The van der Waals surface area contributed by atoms with Gasteiger partial charge in [0.1, 0.15) is 0 Å². The smallest absolute Gasteiger partial charge is 0.327 e. The fourth-order valence-electron chi connectivity index (χ4n) is 1.16. The molecule has 1 aromatic heterocycles. The summed E-state index contributed by atoms with van der Waals surface area (Å²) in [6, 6.07) is 3.95. The molecule has 0 saturated carbocycles. The minimum atomic E-state index is -0.881. The molecule has 0 aliphatic heterocycles. The van der Waals surface area contributed by atoms with Crippen LogP contribution in [0.4, 0.5) is 0 Å². The number of nitrogens with zero attached hydrogens (tertiary/aromatic N) is 1. The van der Waals surface area contributed by atoms with Crippen molar-refractivity contribution in [3.8, 4) is 0 Å². The number of carboxylic acid groups (broad SMARTS) is 1. The number of hydrogen-bond acceptors (Lipinski definition) is 2. The van der Waals surface area contributed by atoms with E-state index in [1.54, 1.807) is 18.5 Å². The van der Waals surface area contributed by atoms with E-state index in [1.165, 1.54) is 11.6 Å². The monoisotopic (exact) mass is 191 g/mol. The van der Waals surface area contributed by atoms with Crippen molar-refractivity contribution < 1.29 is 9.90 Å². The first-order chi connectivity index (χ1) is 6.79. The molecule has 3 heteroatoms. The zero-order chi connectivity index (χ0) is 10.2. The molecule has 0 fully saturated rings. The Bertz CT molecular complexity index is 306. The molecule has 0 radical (unpaired) electrons. The van der Waals surface area contributed by atoms with Crippen LogP contribution < -0.4 is 0 Å². The Kier molecular flexibility index (Phi) is 4.41. The molecule has 0 saturated heterocycles. The average Bonchev–Trinajstić information content (AvgIpc) is 2.18. The van der Waals surface area contributed by atoms with Gasteiger partial charge in [-0.1, -0.05) is 6.08 Å². The Hall–Kier alpha value is -1.64. The molecule has 0 atom stereocenters. The van der Waals surface area contributed by atoms with E-state index in [0.29, 0.717) is 0 Å². The van der Waals surface area contributed by atoms with Gasteiger partial charge in [0.15, 0.2) is 0 Å². The zero-order valence-electron chi connectivity index (χ0n) is 7.89. The molecule has 0 aromatic carbocycles. The summed E-state index contributed by atoms with van der Waals surface area (Å²) < 4.78 is 0. The molecule has 1 aromatic rings. The number of hydrogen-bond donors (Lipinski definition) is 1. The summed E-state index contributed by atoms with van der Waals surface area (Å²) in [7, 11) is 0. The summed E-state index contributed by atoms with van der Waals surface area (Å²) in [5.41, 5.74) is 1.24. The van der Waals surface area contributed by atoms with Crippen LogP contribution in [0.5, 0.6) is 0 Å². The Labute approximate surface area is 83.1 Å². The van der Waals surface area contributed by atoms with Crippen LogP contribution >= 0.6 is 0 Å². The number of carboxylic acids is 1. The van der Waals surface area contributed by atoms with E-state index in [1.807, 2.05) is 12.1 Å². The maximum atomic E-state index is 10.1. The van der Waals surface area contributed by atoms with Crippen LogP contribution in [0.1, 0.15) is 18.4 Å². The largest absolute Gasteiger partial charge is 0.478 e. The van der Waals surface area contributed by atoms with Crippen molar-refractivity contribution in [1.82, 2.24) is 4.98 Å². The van der Waals surface area contributed by atoms with Crippen molar-refractivity contribution in [2.45, 2.75) is 19.3 Å². The van der Waals surface area contributed by atoms with E-state index < -0.39 is 5.97 Å². The first-order valence-electron chi connectivity index (χ1n) is 4.57. The van der Waals surface area contributed by atoms with Gasteiger partial charge in [0.25, 0.3) is 0 Å². The minimum Gasteiger partial charge on any atom is -0.478 e. The van der Waals surface area contributed by atoms with Crippen LogP contribution in [0.3, 0.4) is 0 Å². The second kappa shape index (κ2) is 5.91. The highest BCUT2D eigenvalue weighted by Crippen LogP contribution is 2.03. The van der Waals surface area contributed by atoms with E-state index in [2.05, 4.69) is 4.98 Å². The van der Waals surface area contributed by atoms with Gasteiger partial charge >= 0.3 is 5.97 Å². The fourth-order valence-corrected chi connectivity index (χ4v) is 1.16. The summed E-state index contributed by atoms with van der Waals surface area (Å²) in [5.74, 6) is -0.881. The quantitative estimate of drug-likeness (QED) is 0.572. The lowest BCUT2D eigenvalue weighted by atomic mass is 10.1. The van der Waals surface area contributed by atoms with Gasteiger partial charge in [-0.25, -0.2) is 4.79 Å². The van der Waals surface area contributed by atoms with Gasteiger partial charge in [-0.3, -0.25) is 4.98 Å². The molecule has 0 aliphatic rings. The Morgan fingerprint density at radius 2 is 2.14 bits per heavy atom. The van der Waals surface area contributed by atoms with Crippen LogP contribution in [0, 0.1) is 0 Å². The number of pyridine rings is 1. The van der Waals surface area contributed by atoms with Gasteiger partial charge in [-0.05, 0) is 37.0 Å². The van der Waals surface area contributed by atoms with E-state index in [9.17, 15) is 4.79 Å². The summed E-state index contributed by atoms with van der Waals surface area (Å²) >= 11 is 0. The number of rotatable bonds is 5. The normalized spacial score (nSPS) is 10.6. The molecule has 0 unspecified atom stereocenters. The third-order valence-corrected chi connectivity index (χ3v) is 1.85. The highest BCUT2D eigenvalue weighted by atomic mass is 16.4. The van der Waals surface area contributed by atoms with Gasteiger partial charge in [0.2, 0.25) is 0 Å². The Balaban J connectivity index is 2.19. The summed E-state index contributed by atoms with van der Waals surface area (Å²) in [4.78, 5) is 14.1. The number of unbranched alkanes of at least 4 members (excludes halogenated alkanes) is 1. The van der Waals surface area contributed by atoms with Crippen LogP contribution in [0.25, 0.3) is 0 Å². The number of aryl methyl sites for hydroxylation is 1. The lowest BCUT2D eigenvalue weighted by Gasteiger charge is -1.97. The second-order valence-electron chi connectivity index (χ2n) is 2.99. The second-order valence-corrected chi connectivity index (χ2v) is 2.99. The highest BCUT2D eigenvalue weighted by Gasteiger charge is 1.90. The molecular formula is C11H13NO2. The van der Waals surface area contributed by atoms with Crippen molar-refractivity contribution in [2.24, 2.45) is 0 Å². The van der Waals surface area contributed by atoms with Crippen LogP contribution in [0.2, 0.25) is 0 Å². The number of allylic oxidation sites excluding steroid dienone is 1. The van der Waals surface area contributed by atoms with Gasteiger partial charge in [0, 0.05) is 18.5 Å². The molecule has 0 spiro atoms. The predicted octanol–water partition coefficient (Wildman–Crippen LogP) is 2.05. The topological polar surface area (TPSA) is 50.2 Å². The molecule has 3 nitrogen and oxygen atoms in total. The number of carbonyl (C=O) groups is 1. The van der Waals surface area contributed by atoms with E-state index >= 15 is 0 Å². The first-order valence-corrected chi connectivity index (χ1v) is 4.57. The van der Waals surface area contributed by atoms with Crippen LogP contribution in [-0.2, 0) is 11.2 Å². The SMILES string of the molecule is O=C(O)C=CCCCc1ccncc1. The summed E-state index contributed by atoms with van der Waals surface area (Å²) in [6.45, 7) is 0.